The third-order valence-electron chi connectivity index (χ3n) is 2.32. The summed E-state index contributed by atoms with van der Waals surface area (Å²) in [6, 6.07) is 8.70. The van der Waals surface area contributed by atoms with Crippen molar-refractivity contribution in [1.82, 2.24) is 0 Å². The van der Waals surface area contributed by atoms with Gasteiger partial charge >= 0.3 is 0 Å². The van der Waals surface area contributed by atoms with Crippen LogP contribution in [-0.4, -0.2) is 5.91 Å². The zero-order chi connectivity index (χ0) is 14.0. The molecule has 19 heavy (non-hydrogen) atoms. The molecule has 2 aromatic rings. The average molecular weight is 319 g/mol. The predicted molar refractivity (Wildman–Crippen MR) is 75.8 cm³/mol. The fourth-order valence-electron chi connectivity index (χ4n) is 1.48. The number of benzene rings is 2. The lowest BCUT2D eigenvalue weighted by molar-refractivity contribution is 0.102. The number of hydrogen-bond acceptors (Lipinski definition) is 1. The van der Waals surface area contributed by atoms with Crippen LogP contribution in [0.5, 0.6) is 0 Å². The molecule has 1 N–H and O–H groups in total. The van der Waals surface area contributed by atoms with Gasteiger partial charge in [0, 0.05) is 15.6 Å². The van der Waals surface area contributed by atoms with Crippen molar-refractivity contribution in [3.63, 3.8) is 0 Å². The number of anilines is 1. The van der Waals surface area contributed by atoms with Gasteiger partial charge in [0.1, 0.15) is 0 Å². The zero-order valence-electron chi connectivity index (χ0n) is 9.38. The van der Waals surface area contributed by atoms with E-state index in [2.05, 4.69) is 5.32 Å². The second kappa shape index (κ2) is 5.78. The minimum Gasteiger partial charge on any atom is -0.319 e. The third-order valence-corrected chi connectivity index (χ3v) is 3.05. The van der Waals surface area contributed by atoms with Gasteiger partial charge in [0.25, 0.3) is 5.91 Å². The average Bonchev–Trinajstić information content (AvgIpc) is 2.33. The number of carbonyl (C=O) groups is 1. The Hall–Kier alpha value is -1.29. The van der Waals surface area contributed by atoms with Gasteiger partial charge in [-0.25, -0.2) is 4.39 Å². The number of nitrogens with one attached hydrogen (secondary N) is 1. The highest BCUT2D eigenvalue weighted by Crippen LogP contribution is 2.24. The van der Waals surface area contributed by atoms with Crippen LogP contribution in [0.1, 0.15) is 10.4 Å². The van der Waals surface area contributed by atoms with Crippen LogP contribution in [0.25, 0.3) is 0 Å². The summed E-state index contributed by atoms with van der Waals surface area (Å²) in [6.07, 6.45) is 0. The number of amides is 1. The van der Waals surface area contributed by atoms with Crippen LogP contribution in [0.2, 0.25) is 15.1 Å². The molecule has 0 aliphatic heterocycles. The fraction of sp³-hybridized carbons (Fsp3) is 0. The molecule has 2 nitrogen and oxygen atoms in total. The van der Waals surface area contributed by atoms with Crippen molar-refractivity contribution in [2.75, 3.05) is 5.32 Å². The molecule has 98 valence electrons. The van der Waals surface area contributed by atoms with Gasteiger partial charge < -0.3 is 5.32 Å². The quantitative estimate of drug-likeness (QED) is 0.826. The lowest BCUT2D eigenvalue weighted by Gasteiger charge is -2.08. The van der Waals surface area contributed by atoms with Crippen molar-refractivity contribution in [2.24, 2.45) is 0 Å². The van der Waals surface area contributed by atoms with Gasteiger partial charge in [0.15, 0.2) is 5.82 Å². The molecule has 0 atom stereocenters. The second-order valence-corrected chi connectivity index (χ2v) is 4.99. The van der Waals surface area contributed by atoms with Crippen LogP contribution in [-0.2, 0) is 0 Å². The minimum absolute atomic E-state index is 0.00593. The van der Waals surface area contributed by atoms with E-state index in [4.69, 9.17) is 34.8 Å². The summed E-state index contributed by atoms with van der Waals surface area (Å²) < 4.78 is 13.6. The van der Waals surface area contributed by atoms with Gasteiger partial charge in [-0.2, -0.15) is 0 Å². The molecule has 0 fully saturated rings. The first kappa shape index (κ1) is 14.1. The molecule has 0 bridgehead atoms. The van der Waals surface area contributed by atoms with Crippen LogP contribution < -0.4 is 5.32 Å². The summed E-state index contributed by atoms with van der Waals surface area (Å²) in [5, 5.41) is 2.99. The highest BCUT2D eigenvalue weighted by molar-refractivity contribution is 6.35. The van der Waals surface area contributed by atoms with E-state index in [9.17, 15) is 9.18 Å². The fourth-order valence-corrected chi connectivity index (χ4v) is 2.18. The highest BCUT2D eigenvalue weighted by atomic mass is 35.5. The Balaban J connectivity index is 2.28. The predicted octanol–water partition coefficient (Wildman–Crippen LogP) is 5.04. The van der Waals surface area contributed by atoms with Gasteiger partial charge in [0.05, 0.1) is 10.7 Å². The molecule has 0 aliphatic rings. The molecular weight excluding hydrogens is 312 g/mol. The Kier molecular flexibility index (Phi) is 4.30. The van der Waals surface area contributed by atoms with E-state index < -0.39 is 11.7 Å². The Morgan fingerprint density at radius 2 is 1.68 bits per heavy atom. The standard InChI is InChI=1S/C13H7Cl3FNO/c14-8-4-7(5-9(15)6-8)13(19)18-11-3-1-2-10(16)12(11)17/h1-6H,(H,18,19). The van der Waals surface area contributed by atoms with Gasteiger partial charge in [0.2, 0.25) is 0 Å². The van der Waals surface area contributed by atoms with Gasteiger partial charge in [-0.15, -0.1) is 0 Å². The molecule has 0 spiro atoms. The SMILES string of the molecule is O=C(Nc1cccc(Cl)c1F)c1cc(Cl)cc(Cl)c1. The molecule has 0 radical (unpaired) electrons. The Morgan fingerprint density at radius 3 is 2.32 bits per heavy atom. The van der Waals surface area contributed by atoms with Gasteiger partial charge in [-0.05, 0) is 30.3 Å². The largest absolute Gasteiger partial charge is 0.319 e. The number of carbonyl (C=O) groups excluding carboxylic acids is 1. The summed E-state index contributed by atoms with van der Waals surface area (Å²) in [5.74, 6) is -1.21. The van der Waals surface area contributed by atoms with Crippen molar-refractivity contribution in [2.45, 2.75) is 0 Å². The van der Waals surface area contributed by atoms with Gasteiger partial charge in [-0.1, -0.05) is 40.9 Å². The molecule has 0 saturated heterocycles. The van der Waals surface area contributed by atoms with E-state index in [1.165, 1.54) is 36.4 Å². The monoisotopic (exact) mass is 317 g/mol. The first-order chi connectivity index (χ1) is 8.97. The van der Waals surface area contributed by atoms with Crippen molar-refractivity contribution in [1.29, 1.82) is 0 Å². The van der Waals surface area contributed by atoms with E-state index in [1.54, 1.807) is 0 Å². The summed E-state index contributed by atoms with van der Waals surface area (Å²) in [5.41, 5.74) is 0.227. The van der Waals surface area contributed by atoms with E-state index in [1.807, 2.05) is 0 Å². The van der Waals surface area contributed by atoms with Gasteiger partial charge in [-0.3, -0.25) is 4.79 Å². The van der Waals surface area contributed by atoms with E-state index in [0.29, 0.717) is 10.0 Å². The first-order valence-electron chi connectivity index (χ1n) is 5.19. The van der Waals surface area contributed by atoms with Crippen molar-refractivity contribution >= 4 is 46.4 Å². The molecule has 1 amide bonds. The molecule has 6 heteroatoms. The van der Waals surface area contributed by atoms with Crippen molar-refractivity contribution < 1.29 is 9.18 Å². The lowest BCUT2D eigenvalue weighted by atomic mass is 10.2. The van der Waals surface area contributed by atoms with Crippen LogP contribution in [0.4, 0.5) is 10.1 Å². The molecule has 0 heterocycles. The van der Waals surface area contributed by atoms with Crippen molar-refractivity contribution in [3.8, 4) is 0 Å². The summed E-state index contributed by atoms with van der Waals surface area (Å²) in [7, 11) is 0. The maximum absolute atomic E-state index is 13.6. The van der Waals surface area contributed by atoms with Crippen molar-refractivity contribution in [3.05, 3.63) is 62.8 Å². The molecule has 0 unspecified atom stereocenters. The van der Waals surface area contributed by atoms with Crippen LogP contribution in [0, 0.1) is 5.82 Å². The number of hydrogen-bond donors (Lipinski definition) is 1. The number of halogens is 4. The molecule has 2 aromatic carbocycles. The Labute approximate surface area is 124 Å². The molecule has 2 rings (SSSR count). The van der Waals surface area contributed by atoms with Crippen LogP contribution >= 0.6 is 34.8 Å². The Bertz CT molecular complexity index is 626. The smallest absolute Gasteiger partial charge is 0.255 e. The normalized spacial score (nSPS) is 10.3. The molecule has 0 aromatic heterocycles. The molecular formula is C13H7Cl3FNO. The minimum atomic E-state index is -0.689. The molecule has 0 aliphatic carbocycles. The third kappa shape index (κ3) is 3.38. The topological polar surface area (TPSA) is 29.1 Å². The number of rotatable bonds is 2. The maximum atomic E-state index is 13.6. The Morgan fingerprint density at radius 1 is 1.05 bits per heavy atom. The summed E-state index contributed by atoms with van der Waals surface area (Å²) in [6.45, 7) is 0. The van der Waals surface area contributed by atoms with Crippen LogP contribution in [0.3, 0.4) is 0 Å². The van der Waals surface area contributed by atoms with E-state index in [-0.39, 0.29) is 16.3 Å². The molecule has 0 saturated carbocycles. The van der Waals surface area contributed by atoms with Crippen LogP contribution in [0.15, 0.2) is 36.4 Å². The lowest BCUT2D eigenvalue weighted by Crippen LogP contribution is -2.13. The summed E-state index contributed by atoms with van der Waals surface area (Å²) >= 11 is 17.2. The maximum Gasteiger partial charge on any atom is 0.255 e. The first-order valence-corrected chi connectivity index (χ1v) is 6.32. The zero-order valence-corrected chi connectivity index (χ0v) is 11.7. The second-order valence-electron chi connectivity index (χ2n) is 3.71. The highest BCUT2D eigenvalue weighted by Gasteiger charge is 2.12. The van der Waals surface area contributed by atoms with E-state index in [0.717, 1.165) is 0 Å². The van der Waals surface area contributed by atoms with E-state index >= 15 is 0 Å². The summed E-state index contributed by atoms with van der Waals surface area (Å²) in [4.78, 5) is 11.9.